The molecule has 0 radical (unpaired) electrons. The van der Waals surface area contributed by atoms with Crippen LogP contribution in [0.5, 0.6) is 0 Å². The number of nitrogens with zero attached hydrogens (tertiary/aromatic N) is 4. The van der Waals surface area contributed by atoms with Gasteiger partial charge >= 0.3 is 0 Å². The number of aromatic nitrogens is 4. The van der Waals surface area contributed by atoms with Gasteiger partial charge < -0.3 is 74.1 Å². The number of nitrogen functional groups attached to an aromatic ring is 1. The van der Waals surface area contributed by atoms with Gasteiger partial charge in [0, 0.05) is 37.1 Å². The molecule has 1 fully saturated rings. The van der Waals surface area contributed by atoms with Gasteiger partial charge in [0.25, 0.3) is 15.6 Å². The number of imidazole rings is 1. The molecular formula is C55H86N7O18P3S-4. The highest BCUT2D eigenvalue weighted by Crippen LogP contribution is 2.56. The summed E-state index contributed by atoms with van der Waals surface area (Å²) in [6.45, 7) is 2.13. The van der Waals surface area contributed by atoms with Crippen LogP contribution in [0.1, 0.15) is 155 Å². The van der Waals surface area contributed by atoms with Crippen molar-refractivity contribution in [3.63, 3.8) is 0 Å². The Morgan fingerprint density at radius 2 is 1.32 bits per heavy atom. The number of nitrogens with two attached hydrogens (primary N) is 1. The van der Waals surface area contributed by atoms with Crippen LogP contribution in [-0.4, -0.2) is 114 Å². The molecule has 1 saturated heterocycles. The number of aliphatic hydroxyl groups excluding tert-OH is 3. The molecule has 2 aromatic rings. The Hall–Kier alpha value is -4.04. The summed E-state index contributed by atoms with van der Waals surface area (Å²) in [5, 5.41) is 36.6. The Labute approximate surface area is 497 Å². The van der Waals surface area contributed by atoms with E-state index in [9.17, 15) is 63.0 Å². The van der Waals surface area contributed by atoms with Crippen LogP contribution in [0.15, 0.2) is 85.6 Å². The minimum atomic E-state index is -5.94. The number of rotatable bonds is 45. The predicted octanol–water partition coefficient (Wildman–Crippen LogP) is 6.27. The molecule has 3 rings (SSSR count). The number of carbonyl (C=O) groups is 3. The zero-order chi connectivity index (χ0) is 61.9. The highest BCUT2D eigenvalue weighted by molar-refractivity contribution is 8.13. The number of ether oxygens (including phenoxy) is 1. The number of thioether (sulfide) groups is 1. The van der Waals surface area contributed by atoms with Crippen LogP contribution in [0.2, 0.25) is 0 Å². The number of carbonyl (C=O) groups excluding carboxylic acids is 3. The summed E-state index contributed by atoms with van der Waals surface area (Å²) in [5.41, 5.74) is 4.06. The Morgan fingerprint density at radius 1 is 0.774 bits per heavy atom. The number of aliphatic hydroxyl groups is 3. The first-order valence-corrected chi connectivity index (χ1v) is 33.9. The van der Waals surface area contributed by atoms with Crippen molar-refractivity contribution in [1.82, 2.24) is 30.2 Å². The number of phosphoric ester groups is 3. The molecule has 474 valence electrons. The number of nitrogens with one attached hydrogen (secondary N) is 2. The van der Waals surface area contributed by atoms with Crippen LogP contribution in [0.25, 0.3) is 11.2 Å². The normalized spacial score (nSPS) is 19.4. The lowest BCUT2D eigenvalue weighted by atomic mass is 9.87. The molecule has 8 atom stereocenters. The molecule has 2 amide bonds. The van der Waals surface area contributed by atoms with Crippen LogP contribution in [-0.2, 0) is 50.7 Å². The lowest BCUT2D eigenvalue weighted by Gasteiger charge is -2.36. The third-order valence-electron chi connectivity index (χ3n) is 12.9. The smallest absolute Gasteiger partial charge is 0.274 e. The third kappa shape index (κ3) is 31.6. The maximum Gasteiger partial charge on any atom is 0.274 e. The van der Waals surface area contributed by atoms with E-state index in [1.54, 1.807) is 0 Å². The van der Waals surface area contributed by atoms with E-state index in [4.69, 9.17) is 10.5 Å². The van der Waals surface area contributed by atoms with Gasteiger partial charge in [-0.3, -0.25) is 28.1 Å². The minimum Gasteiger partial charge on any atom is -0.790 e. The second kappa shape index (κ2) is 40.4. The maximum atomic E-state index is 12.7. The molecule has 0 aromatic carbocycles. The number of phosphoric acid groups is 3. The number of allylic oxidation sites excluding steroid dienone is 12. The van der Waals surface area contributed by atoms with E-state index in [0.717, 1.165) is 99.6 Å². The number of anilines is 1. The van der Waals surface area contributed by atoms with Gasteiger partial charge in [-0.25, -0.2) is 19.3 Å². The van der Waals surface area contributed by atoms with Gasteiger partial charge in [-0.05, 0) is 57.8 Å². The Morgan fingerprint density at radius 3 is 1.90 bits per heavy atom. The topological polar surface area (TPSA) is 395 Å². The van der Waals surface area contributed by atoms with E-state index < -0.39 is 90.7 Å². The van der Waals surface area contributed by atoms with Crippen molar-refractivity contribution in [2.75, 3.05) is 37.8 Å². The molecule has 0 aliphatic carbocycles. The first-order chi connectivity index (χ1) is 39.9. The quantitative estimate of drug-likeness (QED) is 0.0242. The van der Waals surface area contributed by atoms with Gasteiger partial charge in [-0.1, -0.05) is 163 Å². The number of amides is 2. The van der Waals surface area contributed by atoms with Crippen molar-refractivity contribution < 1.29 is 85.6 Å². The number of hydrogen-bond acceptors (Lipinski definition) is 23. The molecule has 1 aliphatic rings. The zero-order valence-corrected chi connectivity index (χ0v) is 51.8. The Kier molecular flexibility index (Phi) is 35.7. The van der Waals surface area contributed by atoms with Crippen molar-refractivity contribution in [2.45, 2.75) is 186 Å². The summed E-state index contributed by atoms with van der Waals surface area (Å²) in [6.07, 6.45) is 37.4. The van der Waals surface area contributed by atoms with Crippen molar-refractivity contribution in [2.24, 2.45) is 5.41 Å². The predicted molar refractivity (Wildman–Crippen MR) is 312 cm³/mol. The minimum absolute atomic E-state index is 0.00504. The fourth-order valence-corrected chi connectivity index (χ4v) is 11.8. The largest absolute Gasteiger partial charge is 0.790 e. The summed E-state index contributed by atoms with van der Waals surface area (Å²) < 4.78 is 61.0. The summed E-state index contributed by atoms with van der Waals surface area (Å²) in [4.78, 5) is 97.4. The Bertz CT molecular complexity index is 2610. The molecule has 2 unspecified atom stereocenters. The fraction of sp³-hybridized carbons (Fsp3) is 0.636. The van der Waals surface area contributed by atoms with Crippen LogP contribution in [0.4, 0.5) is 5.82 Å². The van der Waals surface area contributed by atoms with Crippen molar-refractivity contribution in [3.05, 3.63) is 85.6 Å². The molecule has 3 heterocycles. The average molecular weight is 1260 g/mol. The van der Waals surface area contributed by atoms with E-state index in [2.05, 4.69) is 123 Å². The van der Waals surface area contributed by atoms with E-state index >= 15 is 0 Å². The summed E-state index contributed by atoms with van der Waals surface area (Å²) in [7, 11) is -17.7. The third-order valence-corrected chi connectivity index (χ3v) is 16.8. The zero-order valence-electron chi connectivity index (χ0n) is 48.3. The number of hydrogen-bond donors (Lipinski definition) is 6. The molecule has 1 aliphatic heterocycles. The maximum absolute atomic E-state index is 12.7. The van der Waals surface area contributed by atoms with Crippen LogP contribution in [0, 0.1) is 5.41 Å². The van der Waals surface area contributed by atoms with E-state index in [1.165, 1.54) is 52.4 Å². The van der Waals surface area contributed by atoms with Gasteiger partial charge in [-0.2, -0.15) is 0 Å². The Balaban J connectivity index is 1.17. The summed E-state index contributed by atoms with van der Waals surface area (Å²) in [6, 6.07) is 0. The highest BCUT2D eigenvalue weighted by Gasteiger charge is 2.47. The summed E-state index contributed by atoms with van der Waals surface area (Å²) >= 11 is 0.987. The van der Waals surface area contributed by atoms with E-state index in [-0.39, 0.29) is 53.8 Å². The molecule has 0 spiro atoms. The van der Waals surface area contributed by atoms with Crippen LogP contribution in [0.3, 0.4) is 0 Å². The first-order valence-electron chi connectivity index (χ1n) is 28.5. The highest BCUT2D eigenvalue weighted by atomic mass is 32.2. The standard InChI is InChI=1S/C55H90N7O18P3S/c1-4-5-6-7-8-9-10-11-12-13-14-15-16-17-18-19-20-21-22-23-24-25-26-27-28-29-30-31-32-33-43(63)38-46(65)84-37-36-57-45(64)34-35-58-53(68)50(67)55(2,3)40-77-83(74,75)80-82(72,73)76-39-44-49(79-81(69,70)71)48(66)54(78-44)62-42-61-47-51(56)59-41-60-52(47)62/h5-6,8-9,11-12,14-15,17-18,20-21,41-44,48-50,54,63,66-67H,4,7,10,13,16,19,22-40H2,1-3H3,(H,57,64)(H,58,68)(H,72,73)(H,74,75)(H2,56,59,60)(H2,69,70,71)/p-4/b6-5-,9-8-,12-11-,15-14-,18-17-,21-20-/t43-,44-,48-,49-,50+,54-/m1/s1. The van der Waals surface area contributed by atoms with Gasteiger partial charge in [0.05, 0.1) is 33.5 Å². The molecule has 29 heteroatoms. The average Bonchev–Trinajstić information content (AvgIpc) is 2.09. The lowest BCUT2D eigenvalue weighted by molar-refractivity contribution is -0.347. The number of unbranched alkanes of at least 4 members (excludes halogenated alkanes) is 10. The molecule has 0 saturated carbocycles. The monoisotopic (exact) mass is 1260 g/mol. The van der Waals surface area contributed by atoms with Crippen LogP contribution >= 0.6 is 35.2 Å². The van der Waals surface area contributed by atoms with Gasteiger partial charge in [-0.15, -0.1) is 0 Å². The molecule has 2 aromatic heterocycles. The van der Waals surface area contributed by atoms with Gasteiger partial charge in [0.2, 0.25) is 11.8 Å². The van der Waals surface area contributed by atoms with Gasteiger partial charge in [0.15, 0.2) is 22.8 Å². The summed E-state index contributed by atoms with van der Waals surface area (Å²) in [5.74, 6) is -1.34. The van der Waals surface area contributed by atoms with E-state index in [1.807, 2.05) is 0 Å². The van der Waals surface area contributed by atoms with Crippen molar-refractivity contribution in [1.29, 1.82) is 0 Å². The van der Waals surface area contributed by atoms with Crippen molar-refractivity contribution >= 4 is 69.1 Å². The SMILES string of the molecule is CC/C=C\C/C=C\C/C=C\C/C=C\C/C=C\C/C=C\CCCCCCCCCCCC[C@@H](O)CC(=O)SCCNC(=O)CCNC(=O)[C@H](O)C(C)(C)COP(=O)([O-])OP(=O)([O-])OC[C@H]1O[C@@H](n2cnc3c(N)ncnc32)[C@H](O)[C@@H]1OP(=O)([O-])[O-]. The molecular weight excluding hydrogens is 1170 g/mol. The van der Waals surface area contributed by atoms with E-state index in [0.29, 0.717) is 6.42 Å². The van der Waals surface area contributed by atoms with Crippen LogP contribution < -0.4 is 35.9 Å². The lowest BCUT2D eigenvalue weighted by Crippen LogP contribution is -2.46. The van der Waals surface area contributed by atoms with Gasteiger partial charge in [0.1, 0.15) is 36.3 Å². The second-order valence-electron chi connectivity index (χ2n) is 20.6. The second-order valence-corrected chi connectivity index (χ2v) is 25.8. The van der Waals surface area contributed by atoms with Crippen molar-refractivity contribution in [3.8, 4) is 0 Å². The first kappa shape index (κ1) is 74.2. The molecule has 25 nitrogen and oxygen atoms in total. The fourth-order valence-electron chi connectivity index (χ4n) is 8.32. The molecule has 84 heavy (non-hydrogen) atoms. The molecule has 7 N–H and O–H groups in total. The number of fused-ring (bicyclic) bond motifs is 1. The molecule has 0 bridgehead atoms.